The Morgan fingerprint density at radius 2 is 1.83 bits per heavy atom. The first-order valence-electron chi connectivity index (χ1n) is 8.71. The summed E-state index contributed by atoms with van der Waals surface area (Å²) in [5.74, 6) is -0.853. The normalized spacial score (nSPS) is 20.5. The highest BCUT2D eigenvalue weighted by molar-refractivity contribution is 5.95. The van der Waals surface area contributed by atoms with Gasteiger partial charge in [-0.2, -0.15) is 0 Å². The molecule has 1 heterocycles. The molecular weight excluding hydrogens is 290 g/mol. The van der Waals surface area contributed by atoms with Crippen molar-refractivity contribution in [3.63, 3.8) is 0 Å². The van der Waals surface area contributed by atoms with Gasteiger partial charge in [-0.25, -0.2) is 4.79 Å². The number of hydrogen-bond acceptors (Lipinski definition) is 4. The molecule has 5 heteroatoms. The zero-order chi connectivity index (χ0) is 16.2. The third kappa shape index (κ3) is 3.96. The molecule has 0 amide bonds. The van der Waals surface area contributed by atoms with Crippen molar-refractivity contribution in [3.8, 4) is 0 Å². The van der Waals surface area contributed by atoms with Crippen LogP contribution in [0.15, 0.2) is 18.2 Å². The molecule has 0 bridgehead atoms. The van der Waals surface area contributed by atoms with Crippen LogP contribution in [0.25, 0.3) is 0 Å². The number of hydrogen-bond donors (Lipinski definition) is 2. The van der Waals surface area contributed by atoms with Crippen molar-refractivity contribution in [1.29, 1.82) is 0 Å². The smallest absolute Gasteiger partial charge is 0.337 e. The second-order valence-electron chi connectivity index (χ2n) is 6.80. The number of carboxylic acid groups (broad SMARTS) is 1. The Labute approximate surface area is 138 Å². The maximum absolute atomic E-state index is 11.5. The first kappa shape index (κ1) is 16.1. The summed E-state index contributed by atoms with van der Waals surface area (Å²) in [6, 6.07) is 6.13. The Morgan fingerprint density at radius 3 is 2.48 bits per heavy atom. The van der Waals surface area contributed by atoms with Gasteiger partial charge in [-0.3, -0.25) is 0 Å². The maximum Gasteiger partial charge on any atom is 0.337 e. The molecule has 2 N–H and O–H groups in total. The fraction of sp³-hybridized carbons (Fsp3) is 0.611. The van der Waals surface area contributed by atoms with E-state index in [0.29, 0.717) is 11.6 Å². The predicted octanol–water partition coefficient (Wildman–Crippen LogP) is 2.88. The summed E-state index contributed by atoms with van der Waals surface area (Å²) in [6.07, 6.45) is 6.04. The van der Waals surface area contributed by atoms with E-state index in [1.165, 1.54) is 19.3 Å². The number of carboxylic acids is 1. The predicted molar refractivity (Wildman–Crippen MR) is 93.6 cm³/mol. The molecule has 5 nitrogen and oxygen atoms in total. The number of carbonyl (C=O) groups is 1. The molecule has 1 saturated heterocycles. The Balaban J connectivity index is 1.79. The SMILES string of the molecule is CN1CCN(c2ccc(C(=O)O)c(NC3CCCCC3)c2)CC1. The summed E-state index contributed by atoms with van der Waals surface area (Å²) in [7, 11) is 2.14. The minimum Gasteiger partial charge on any atom is -0.478 e. The molecule has 126 valence electrons. The Hall–Kier alpha value is -1.75. The number of benzene rings is 1. The first-order chi connectivity index (χ1) is 11.1. The van der Waals surface area contributed by atoms with Crippen molar-refractivity contribution in [1.82, 2.24) is 4.90 Å². The van der Waals surface area contributed by atoms with Gasteiger partial charge in [-0.15, -0.1) is 0 Å². The van der Waals surface area contributed by atoms with Crippen LogP contribution >= 0.6 is 0 Å². The van der Waals surface area contributed by atoms with Gasteiger partial charge >= 0.3 is 5.97 Å². The van der Waals surface area contributed by atoms with Gasteiger partial charge in [-0.1, -0.05) is 19.3 Å². The van der Waals surface area contributed by atoms with Gasteiger partial charge < -0.3 is 20.2 Å². The van der Waals surface area contributed by atoms with E-state index in [1.807, 2.05) is 12.1 Å². The van der Waals surface area contributed by atoms with Crippen molar-refractivity contribution in [2.45, 2.75) is 38.1 Å². The monoisotopic (exact) mass is 317 g/mol. The van der Waals surface area contributed by atoms with Crippen LogP contribution in [0.5, 0.6) is 0 Å². The highest BCUT2D eigenvalue weighted by Gasteiger charge is 2.20. The molecule has 1 aromatic carbocycles. The largest absolute Gasteiger partial charge is 0.478 e. The van der Waals surface area contributed by atoms with E-state index >= 15 is 0 Å². The number of likely N-dealkylation sites (N-methyl/N-ethyl adjacent to an activating group) is 1. The molecule has 1 saturated carbocycles. The molecule has 0 spiro atoms. The van der Waals surface area contributed by atoms with E-state index in [9.17, 15) is 9.90 Å². The summed E-state index contributed by atoms with van der Waals surface area (Å²) in [4.78, 5) is 16.2. The topological polar surface area (TPSA) is 55.8 Å². The molecule has 0 aromatic heterocycles. The van der Waals surface area contributed by atoms with Crippen molar-refractivity contribution < 1.29 is 9.90 Å². The van der Waals surface area contributed by atoms with Crippen molar-refractivity contribution >= 4 is 17.3 Å². The van der Waals surface area contributed by atoms with Crippen LogP contribution in [0.2, 0.25) is 0 Å². The van der Waals surface area contributed by atoms with Crippen LogP contribution in [0.3, 0.4) is 0 Å². The fourth-order valence-corrected chi connectivity index (χ4v) is 3.57. The number of aromatic carboxylic acids is 1. The quantitative estimate of drug-likeness (QED) is 0.894. The second kappa shape index (κ2) is 7.21. The lowest BCUT2D eigenvalue weighted by atomic mass is 9.95. The number of piperazine rings is 1. The summed E-state index contributed by atoms with van der Waals surface area (Å²) >= 11 is 0. The molecular formula is C18H27N3O2. The molecule has 23 heavy (non-hydrogen) atoms. The fourth-order valence-electron chi connectivity index (χ4n) is 3.57. The van der Waals surface area contributed by atoms with E-state index in [0.717, 1.165) is 50.4 Å². The van der Waals surface area contributed by atoms with Gasteiger partial charge in [-0.05, 0) is 38.1 Å². The second-order valence-corrected chi connectivity index (χ2v) is 6.80. The molecule has 1 aliphatic carbocycles. The molecule has 1 aromatic rings. The van der Waals surface area contributed by atoms with Gasteiger partial charge in [0.25, 0.3) is 0 Å². The van der Waals surface area contributed by atoms with Gasteiger partial charge in [0.2, 0.25) is 0 Å². The van der Waals surface area contributed by atoms with E-state index < -0.39 is 5.97 Å². The average molecular weight is 317 g/mol. The number of rotatable bonds is 4. The summed E-state index contributed by atoms with van der Waals surface area (Å²) in [5, 5.41) is 13.0. The lowest BCUT2D eigenvalue weighted by Crippen LogP contribution is -2.44. The molecule has 1 aliphatic heterocycles. The molecule has 0 unspecified atom stereocenters. The highest BCUT2D eigenvalue weighted by Crippen LogP contribution is 2.28. The third-order valence-electron chi connectivity index (χ3n) is 5.07. The van der Waals surface area contributed by atoms with E-state index in [1.54, 1.807) is 6.07 Å². The Bertz CT molecular complexity index is 547. The average Bonchev–Trinajstić information content (AvgIpc) is 2.56. The number of anilines is 2. The standard InChI is InChI=1S/C18H27N3O2/c1-20-9-11-21(12-10-20)15-7-8-16(18(22)23)17(13-15)19-14-5-3-2-4-6-14/h7-8,13-14,19H,2-6,9-12H2,1H3,(H,22,23). The Morgan fingerprint density at radius 1 is 1.13 bits per heavy atom. The molecule has 3 rings (SSSR count). The van der Waals surface area contributed by atoms with Crippen LogP contribution in [0.4, 0.5) is 11.4 Å². The van der Waals surface area contributed by atoms with E-state index in [2.05, 4.69) is 22.2 Å². The summed E-state index contributed by atoms with van der Waals surface area (Å²) in [5.41, 5.74) is 2.29. The maximum atomic E-state index is 11.5. The molecule has 2 aliphatic rings. The van der Waals surface area contributed by atoms with E-state index in [-0.39, 0.29) is 0 Å². The summed E-state index contributed by atoms with van der Waals surface area (Å²) < 4.78 is 0. The molecule has 0 radical (unpaired) electrons. The number of nitrogens with one attached hydrogen (secondary N) is 1. The van der Waals surface area contributed by atoms with Crippen LogP contribution < -0.4 is 10.2 Å². The minimum atomic E-state index is -0.853. The highest BCUT2D eigenvalue weighted by atomic mass is 16.4. The van der Waals surface area contributed by atoms with Gasteiger partial charge in [0.1, 0.15) is 0 Å². The van der Waals surface area contributed by atoms with Gasteiger partial charge in [0.05, 0.1) is 11.3 Å². The van der Waals surface area contributed by atoms with Crippen molar-refractivity contribution in [3.05, 3.63) is 23.8 Å². The zero-order valence-electron chi connectivity index (χ0n) is 13.9. The van der Waals surface area contributed by atoms with Crippen molar-refractivity contribution in [2.24, 2.45) is 0 Å². The molecule has 2 fully saturated rings. The number of nitrogens with zero attached hydrogens (tertiary/aromatic N) is 2. The first-order valence-corrected chi connectivity index (χ1v) is 8.71. The summed E-state index contributed by atoms with van der Waals surface area (Å²) in [6.45, 7) is 4.08. The van der Waals surface area contributed by atoms with E-state index in [4.69, 9.17) is 0 Å². The van der Waals surface area contributed by atoms with Crippen LogP contribution in [0.1, 0.15) is 42.5 Å². The Kier molecular flexibility index (Phi) is 5.06. The van der Waals surface area contributed by atoms with Crippen molar-refractivity contribution in [2.75, 3.05) is 43.4 Å². The van der Waals surface area contributed by atoms with Gasteiger partial charge in [0.15, 0.2) is 0 Å². The van der Waals surface area contributed by atoms with Gasteiger partial charge in [0, 0.05) is 37.9 Å². The minimum absolute atomic E-state index is 0.383. The third-order valence-corrected chi connectivity index (χ3v) is 5.07. The lowest BCUT2D eigenvalue weighted by Gasteiger charge is -2.34. The van der Waals surface area contributed by atoms with Crippen LogP contribution in [-0.2, 0) is 0 Å². The lowest BCUT2D eigenvalue weighted by molar-refractivity contribution is 0.0698. The van der Waals surface area contributed by atoms with Crippen LogP contribution in [0, 0.1) is 0 Å². The zero-order valence-corrected chi connectivity index (χ0v) is 13.9. The van der Waals surface area contributed by atoms with Crippen LogP contribution in [-0.4, -0.2) is 55.2 Å². The molecule has 0 atom stereocenters.